The highest BCUT2D eigenvalue weighted by Gasteiger charge is 2.20. The highest BCUT2D eigenvalue weighted by molar-refractivity contribution is 5.77. The number of nitrogens with zero attached hydrogens (tertiary/aromatic N) is 5. The van der Waals surface area contributed by atoms with E-state index in [1.165, 1.54) is 22.0 Å². The number of rotatable bonds is 4. The lowest BCUT2D eigenvalue weighted by Crippen LogP contribution is -2.36. The SMILES string of the molecule is Cc1ccc(-n2ncc3c(=O)n(CCC(=O)N4CCc5ccccc5C4)cnc32)cc1. The predicted octanol–water partition coefficient (Wildman–Crippen LogP) is 2.87. The van der Waals surface area contributed by atoms with Crippen molar-refractivity contribution >= 4 is 16.9 Å². The maximum absolute atomic E-state index is 12.9. The molecule has 3 heterocycles. The molecule has 0 spiro atoms. The van der Waals surface area contributed by atoms with Gasteiger partial charge in [0, 0.05) is 26.1 Å². The highest BCUT2D eigenvalue weighted by atomic mass is 16.2. The van der Waals surface area contributed by atoms with Crippen LogP contribution in [-0.4, -0.2) is 36.7 Å². The summed E-state index contributed by atoms with van der Waals surface area (Å²) in [6, 6.07) is 16.1. The van der Waals surface area contributed by atoms with Crippen LogP contribution in [0, 0.1) is 6.92 Å². The van der Waals surface area contributed by atoms with Crippen molar-refractivity contribution in [3.05, 3.63) is 88.1 Å². The van der Waals surface area contributed by atoms with E-state index in [-0.39, 0.29) is 17.9 Å². The molecule has 0 N–H and O–H groups in total. The lowest BCUT2D eigenvalue weighted by Gasteiger charge is -2.29. The summed E-state index contributed by atoms with van der Waals surface area (Å²) in [5, 5.41) is 4.80. The molecule has 4 aromatic rings. The Balaban J connectivity index is 1.32. The van der Waals surface area contributed by atoms with Crippen LogP contribution in [0.5, 0.6) is 0 Å². The Morgan fingerprint density at radius 1 is 1.06 bits per heavy atom. The van der Waals surface area contributed by atoms with Crippen LogP contribution in [0.15, 0.2) is 65.8 Å². The Bertz CT molecular complexity index is 1320. The average molecular weight is 413 g/mol. The molecule has 0 fully saturated rings. The van der Waals surface area contributed by atoms with Crippen LogP contribution in [0.25, 0.3) is 16.7 Å². The van der Waals surface area contributed by atoms with Crippen molar-refractivity contribution in [2.75, 3.05) is 6.54 Å². The van der Waals surface area contributed by atoms with E-state index in [9.17, 15) is 9.59 Å². The van der Waals surface area contributed by atoms with Crippen molar-refractivity contribution in [2.24, 2.45) is 0 Å². The van der Waals surface area contributed by atoms with Gasteiger partial charge in [0.1, 0.15) is 5.39 Å². The Morgan fingerprint density at radius 3 is 2.65 bits per heavy atom. The normalized spacial score (nSPS) is 13.4. The third kappa shape index (κ3) is 3.63. The monoisotopic (exact) mass is 413 g/mol. The lowest BCUT2D eigenvalue weighted by molar-refractivity contribution is -0.132. The number of aryl methyl sites for hydroxylation is 2. The number of hydrogen-bond acceptors (Lipinski definition) is 4. The number of carbonyl (C=O) groups is 1. The van der Waals surface area contributed by atoms with Crippen LogP contribution in [0.1, 0.15) is 23.1 Å². The summed E-state index contributed by atoms with van der Waals surface area (Å²) in [5.74, 6) is 0.0526. The summed E-state index contributed by atoms with van der Waals surface area (Å²) >= 11 is 0. The first kappa shape index (κ1) is 19.2. The lowest BCUT2D eigenvalue weighted by atomic mass is 10.00. The largest absolute Gasteiger partial charge is 0.338 e. The van der Waals surface area contributed by atoms with Gasteiger partial charge in [-0.3, -0.25) is 14.2 Å². The topological polar surface area (TPSA) is 73.0 Å². The fourth-order valence-electron chi connectivity index (χ4n) is 4.07. The van der Waals surface area contributed by atoms with Crippen molar-refractivity contribution in [3.63, 3.8) is 0 Å². The fraction of sp³-hybridized carbons (Fsp3) is 0.250. The molecule has 7 heteroatoms. The van der Waals surface area contributed by atoms with Gasteiger partial charge in [0.25, 0.3) is 5.56 Å². The van der Waals surface area contributed by atoms with Crippen LogP contribution in [0.3, 0.4) is 0 Å². The van der Waals surface area contributed by atoms with Crippen molar-refractivity contribution in [2.45, 2.75) is 32.9 Å². The van der Waals surface area contributed by atoms with E-state index in [2.05, 4.69) is 22.2 Å². The first-order valence-corrected chi connectivity index (χ1v) is 10.4. The van der Waals surface area contributed by atoms with Crippen LogP contribution in [0.2, 0.25) is 0 Å². The molecule has 7 nitrogen and oxygen atoms in total. The number of fused-ring (bicyclic) bond motifs is 2. The zero-order chi connectivity index (χ0) is 21.4. The van der Waals surface area contributed by atoms with E-state index >= 15 is 0 Å². The molecule has 1 aliphatic heterocycles. The van der Waals surface area contributed by atoms with Crippen molar-refractivity contribution in [3.8, 4) is 5.69 Å². The first-order chi connectivity index (χ1) is 15.1. The average Bonchev–Trinajstić information content (AvgIpc) is 3.23. The molecule has 5 rings (SSSR count). The zero-order valence-electron chi connectivity index (χ0n) is 17.4. The van der Waals surface area contributed by atoms with Gasteiger partial charge in [-0.2, -0.15) is 5.10 Å². The summed E-state index contributed by atoms with van der Waals surface area (Å²) in [6.45, 7) is 3.66. The van der Waals surface area contributed by atoms with Gasteiger partial charge in [0.15, 0.2) is 5.65 Å². The minimum Gasteiger partial charge on any atom is -0.338 e. The smallest absolute Gasteiger partial charge is 0.264 e. The molecule has 2 aromatic heterocycles. The minimum atomic E-state index is -0.180. The van der Waals surface area contributed by atoms with Crippen LogP contribution >= 0.6 is 0 Å². The molecule has 1 amide bonds. The summed E-state index contributed by atoms with van der Waals surface area (Å²) in [6.07, 6.45) is 4.19. The number of aromatic nitrogens is 4. The maximum Gasteiger partial charge on any atom is 0.264 e. The van der Waals surface area contributed by atoms with Crippen molar-refractivity contribution in [1.82, 2.24) is 24.2 Å². The quantitative estimate of drug-likeness (QED) is 0.516. The van der Waals surface area contributed by atoms with E-state index in [0.717, 1.165) is 17.7 Å². The molecular weight excluding hydrogens is 390 g/mol. The molecule has 0 bridgehead atoms. The molecule has 2 aromatic carbocycles. The second-order valence-electron chi connectivity index (χ2n) is 7.96. The maximum atomic E-state index is 12.9. The summed E-state index contributed by atoms with van der Waals surface area (Å²) < 4.78 is 3.16. The third-order valence-corrected chi connectivity index (χ3v) is 5.88. The molecule has 0 aliphatic carbocycles. The molecular formula is C24H23N5O2. The Hall–Kier alpha value is -3.74. The van der Waals surface area contributed by atoms with Crippen molar-refractivity contribution in [1.29, 1.82) is 0 Å². The molecule has 0 radical (unpaired) electrons. The number of carbonyl (C=O) groups excluding carboxylic acids is 1. The van der Waals surface area contributed by atoms with Crippen LogP contribution in [-0.2, 0) is 24.3 Å². The van der Waals surface area contributed by atoms with Crippen molar-refractivity contribution < 1.29 is 4.79 Å². The number of amides is 1. The molecule has 0 saturated heterocycles. The predicted molar refractivity (Wildman–Crippen MR) is 118 cm³/mol. The van der Waals surface area contributed by atoms with Crippen LogP contribution in [0.4, 0.5) is 0 Å². The van der Waals surface area contributed by atoms with Gasteiger partial charge in [-0.25, -0.2) is 9.67 Å². The highest BCUT2D eigenvalue weighted by Crippen LogP contribution is 2.19. The van der Waals surface area contributed by atoms with Gasteiger partial charge < -0.3 is 4.90 Å². The Labute approximate surface area is 179 Å². The minimum absolute atomic E-state index is 0.0526. The summed E-state index contributed by atoms with van der Waals surface area (Å²) in [5.41, 5.74) is 4.85. The number of benzene rings is 2. The van der Waals surface area contributed by atoms with Gasteiger partial charge in [0.2, 0.25) is 5.91 Å². The summed E-state index contributed by atoms with van der Waals surface area (Å²) in [7, 11) is 0. The molecule has 0 saturated carbocycles. The Morgan fingerprint density at radius 2 is 1.84 bits per heavy atom. The standard InChI is InChI=1S/C24H23N5O2/c1-17-6-8-20(9-7-17)29-23-21(14-26-29)24(31)28(16-25-23)13-11-22(30)27-12-10-18-4-2-3-5-19(18)15-27/h2-9,14,16H,10-13,15H2,1H3. The van der Waals surface area contributed by atoms with Gasteiger partial charge in [-0.15, -0.1) is 0 Å². The van der Waals surface area contributed by atoms with Gasteiger partial charge in [-0.1, -0.05) is 42.0 Å². The van der Waals surface area contributed by atoms with E-state index in [4.69, 9.17) is 0 Å². The van der Waals surface area contributed by atoms with Gasteiger partial charge in [-0.05, 0) is 36.6 Å². The zero-order valence-corrected chi connectivity index (χ0v) is 17.4. The molecule has 31 heavy (non-hydrogen) atoms. The van der Waals surface area contributed by atoms with E-state index < -0.39 is 0 Å². The van der Waals surface area contributed by atoms with Gasteiger partial charge >= 0.3 is 0 Å². The first-order valence-electron chi connectivity index (χ1n) is 10.4. The van der Waals surface area contributed by atoms with Gasteiger partial charge in [0.05, 0.1) is 18.2 Å². The number of hydrogen-bond donors (Lipinski definition) is 0. The van der Waals surface area contributed by atoms with E-state index in [1.807, 2.05) is 48.2 Å². The molecule has 0 atom stereocenters. The molecule has 0 unspecified atom stereocenters. The fourth-order valence-corrected chi connectivity index (χ4v) is 4.07. The second kappa shape index (κ2) is 7.83. The third-order valence-electron chi connectivity index (χ3n) is 5.88. The summed E-state index contributed by atoms with van der Waals surface area (Å²) in [4.78, 5) is 32.0. The van der Waals surface area contributed by atoms with E-state index in [0.29, 0.717) is 30.7 Å². The second-order valence-corrected chi connectivity index (χ2v) is 7.96. The van der Waals surface area contributed by atoms with E-state index in [1.54, 1.807) is 10.9 Å². The molecule has 1 aliphatic rings. The van der Waals surface area contributed by atoms with Crippen LogP contribution < -0.4 is 5.56 Å². The molecule has 156 valence electrons. The Kier molecular flexibility index (Phi) is 4.86.